The van der Waals surface area contributed by atoms with Gasteiger partial charge in [-0.3, -0.25) is 4.79 Å². The van der Waals surface area contributed by atoms with E-state index in [0.717, 1.165) is 21.8 Å². The van der Waals surface area contributed by atoms with Gasteiger partial charge < -0.3 is 14.6 Å². The number of rotatable bonds is 4. The van der Waals surface area contributed by atoms with Crippen LogP contribution in [0.4, 0.5) is 4.39 Å². The van der Waals surface area contributed by atoms with E-state index in [0.29, 0.717) is 13.1 Å². The van der Waals surface area contributed by atoms with Gasteiger partial charge in [-0.2, -0.15) is 0 Å². The third-order valence-electron chi connectivity index (χ3n) is 4.74. The minimum absolute atomic E-state index is 0.167. The van der Waals surface area contributed by atoms with Crippen molar-refractivity contribution in [1.29, 1.82) is 0 Å². The molecule has 2 heterocycles. The predicted octanol–water partition coefficient (Wildman–Crippen LogP) is 2.73. The summed E-state index contributed by atoms with van der Waals surface area (Å²) in [6, 6.07) is 16.1. The first-order valence-electron chi connectivity index (χ1n) is 8.22. The number of β-amino-alcohol motifs (C(OH)–C–C–N with tert-alkyl or cyclic N) is 1. The van der Waals surface area contributed by atoms with E-state index in [2.05, 4.69) is 16.7 Å². The molecule has 0 saturated carbocycles. The number of aliphatic hydroxyl groups is 1. The number of aliphatic hydroxyl groups excluding tert-OH is 1. The zero-order chi connectivity index (χ0) is 16.7. The topological polar surface area (TPSA) is 45.5 Å². The molecule has 1 N–H and O–H groups in total. The second kappa shape index (κ2) is 5.91. The lowest BCUT2D eigenvalue weighted by molar-refractivity contribution is -0.133. The Labute approximate surface area is 139 Å². The summed E-state index contributed by atoms with van der Waals surface area (Å²) in [5, 5.41) is 12.7. The zero-order valence-electron chi connectivity index (χ0n) is 13.2. The van der Waals surface area contributed by atoms with Crippen molar-refractivity contribution in [2.24, 2.45) is 0 Å². The Bertz CT molecular complexity index is 851. The predicted molar refractivity (Wildman–Crippen MR) is 91.5 cm³/mol. The summed E-state index contributed by atoms with van der Waals surface area (Å²) in [6.07, 6.45) is -1.93. The summed E-state index contributed by atoms with van der Waals surface area (Å²) in [4.78, 5) is 13.1. The number of carbonyl (C=O) groups is 1. The molecule has 124 valence electrons. The van der Waals surface area contributed by atoms with Crippen LogP contribution in [0.3, 0.4) is 0 Å². The maximum Gasteiger partial charge on any atom is 0.257 e. The summed E-state index contributed by atoms with van der Waals surface area (Å²) < 4.78 is 15.4. The highest BCUT2D eigenvalue weighted by molar-refractivity contribution is 6.07. The number of nitrogens with zero attached hydrogens (tertiary/aromatic N) is 2. The molecule has 0 spiro atoms. The second-order valence-corrected chi connectivity index (χ2v) is 6.34. The van der Waals surface area contributed by atoms with Crippen molar-refractivity contribution in [2.75, 3.05) is 13.1 Å². The molecule has 4 rings (SSSR count). The number of carbonyl (C=O) groups excluding carboxylic acids is 1. The van der Waals surface area contributed by atoms with Crippen LogP contribution in [0.15, 0.2) is 48.5 Å². The van der Waals surface area contributed by atoms with Crippen LogP contribution >= 0.6 is 0 Å². The van der Waals surface area contributed by atoms with E-state index in [1.165, 1.54) is 4.90 Å². The van der Waals surface area contributed by atoms with Crippen LogP contribution in [0.25, 0.3) is 21.8 Å². The molecule has 1 unspecified atom stereocenters. The monoisotopic (exact) mass is 326 g/mol. The van der Waals surface area contributed by atoms with Gasteiger partial charge in [0.1, 0.15) is 0 Å². The fourth-order valence-electron chi connectivity index (χ4n) is 3.61. The largest absolute Gasteiger partial charge is 0.389 e. The molecule has 3 aromatic rings. The van der Waals surface area contributed by atoms with Crippen molar-refractivity contribution < 1.29 is 14.3 Å². The van der Waals surface area contributed by atoms with Gasteiger partial charge in [-0.1, -0.05) is 36.4 Å². The number of aromatic nitrogens is 1. The van der Waals surface area contributed by atoms with Crippen LogP contribution in [-0.2, 0) is 11.3 Å². The molecule has 1 saturated heterocycles. The number of hydrogen-bond acceptors (Lipinski definition) is 2. The number of alkyl halides is 1. The van der Waals surface area contributed by atoms with Crippen LogP contribution in [0.1, 0.15) is 6.42 Å². The van der Waals surface area contributed by atoms with Gasteiger partial charge in [-0.15, -0.1) is 0 Å². The van der Waals surface area contributed by atoms with Gasteiger partial charge in [0, 0.05) is 41.3 Å². The van der Waals surface area contributed by atoms with Gasteiger partial charge in [-0.25, -0.2) is 4.39 Å². The highest BCUT2D eigenvalue weighted by Gasteiger charge is 2.32. The van der Waals surface area contributed by atoms with Gasteiger partial charge in [-0.05, 0) is 12.1 Å². The molecule has 2 atom stereocenters. The third-order valence-corrected chi connectivity index (χ3v) is 4.74. The molecule has 24 heavy (non-hydrogen) atoms. The molecule has 0 bridgehead atoms. The van der Waals surface area contributed by atoms with Crippen molar-refractivity contribution in [3.8, 4) is 0 Å². The lowest BCUT2D eigenvalue weighted by Crippen LogP contribution is -2.37. The average molecular weight is 326 g/mol. The third kappa shape index (κ3) is 2.45. The minimum atomic E-state index is -1.41. The molecule has 1 amide bonds. The minimum Gasteiger partial charge on any atom is -0.389 e. The Morgan fingerprint density at radius 3 is 2.17 bits per heavy atom. The second-order valence-electron chi connectivity index (χ2n) is 6.34. The molecule has 5 heteroatoms. The van der Waals surface area contributed by atoms with Crippen molar-refractivity contribution in [2.45, 2.75) is 25.2 Å². The van der Waals surface area contributed by atoms with Gasteiger partial charge in [0.25, 0.3) is 5.91 Å². The lowest BCUT2D eigenvalue weighted by Gasteiger charge is -2.21. The lowest BCUT2D eigenvalue weighted by atomic mass is 10.2. The van der Waals surface area contributed by atoms with Crippen LogP contribution in [0.5, 0.6) is 0 Å². The van der Waals surface area contributed by atoms with E-state index >= 15 is 0 Å². The molecule has 2 aromatic carbocycles. The van der Waals surface area contributed by atoms with Crippen molar-refractivity contribution in [3.63, 3.8) is 0 Å². The Morgan fingerprint density at radius 1 is 1.04 bits per heavy atom. The van der Waals surface area contributed by atoms with Crippen molar-refractivity contribution >= 4 is 27.7 Å². The van der Waals surface area contributed by atoms with Crippen LogP contribution < -0.4 is 0 Å². The average Bonchev–Trinajstić information content (AvgIpc) is 3.08. The van der Waals surface area contributed by atoms with Crippen LogP contribution in [0, 0.1) is 0 Å². The number of likely N-dealkylation sites (tertiary alicyclic amines) is 1. The van der Waals surface area contributed by atoms with Crippen LogP contribution in [-0.4, -0.2) is 45.8 Å². The van der Waals surface area contributed by atoms with E-state index in [1.54, 1.807) is 0 Å². The Morgan fingerprint density at radius 2 is 1.62 bits per heavy atom. The van der Waals surface area contributed by atoms with E-state index in [4.69, 9.17) is 0 Å². The van der Waals surface area contributed by atoms with Crippen molar-refractivity contribution in [3.05, 3.63) is 48.5 Å². The standard InChI is InChI=1S/C19H19FN2O2/c20-16-9-10-21(19(16)24)11-13(23)12-22-17-7-3-1-5-14(17)15-6-2-4-8-18(15)22/h1-8,13,16,23H,9-12H2/t13?,16-/m1/s1. The van der Waals surface area contributed by atoms with Gasteiger partial charge in [0.2, 0.25) is 0 Å². The van der Waals surface area contributed by atoms with Crippen molar-refractivity contribution in [1.82, 2.24) is 9.47 Å². The van der Waals surface area contributed by atoms with Gasteiger partial charge in [0.05, 0.1) is 12.6 Å². The molecule has 1 aliphatic heterocycles. The summed E-state index contributed by atoms with van der Waals surface area (Å²) in [5.74, 6) is -0.503. The molecule has 0 aliphatic carbocycles. The highest BCUT2D eigenvalue weighted by Crippen LogP contribution is 2.29. The number of benzene rings is 2. The zero-order valence-corrected chi connectivity index (χ0v) is 13.2. The van der Waals surface area contributed by atoms with E-state index in [9.17, 15) is 14.3 Å². The number of hydrogen-bond donors (Lipinski definition) is 1. The smallest absolute Gasteiger partial charge is 0.257 e. The molecule has 4 nitrogen and oxygen atoms in total. The molecule has 1 aromatic heterocycles. The fourth-order valence-corrected chi connectivity index (χ4v) is 3.61. The van der Waals surface area contributed by atoms with E-state index in [1.807, 2.05) is 36.4 Å². The summed E-state index contributed by atoms with van der Waals surface area (Å²) >= 11 is 0. The molecule has 1 aliphatic rings. The fraction of sp³-hybridized carbons (Fsp3) is 0.316. The number of halogens is 1. The van der Waals surface area contributed by atoms with Gasteiger partial charge in [0.15, 0.2) is 6.17 Å². The van der Waals surface area contributed by atoms with E-state index < -0.39 is 18.2 Å². The first kappa shape index (κ1) is 15.1. The maximum absolute atomic E-state index is 13.3. The van der Waals surface area contributed by atoms with E-state index in [-0.39, 0.29) is 13.0 Å². The molecule has 1 fully saturated rings. The molecule has 0 radical (unpaired) electrons. The summed E-state index contributed by atoms with van der Waals surface area (Å²) in [5.41, 5.74) is 2.10. The number of fused-ring (bicyclic) bond motifs is 3. The molecular weight excluding hydrogens is 307 g/mol. The normalized spacial score (nSPS) is 19.5. The summed E-state index contributed by atoms with van der Waals surface area (Å²) in [6.45, 7) is 0.916. The number of amides is 1. The summed E-state index contributed by atoms with van der Waals surface area (Å²) in [7, 11) is 0. The molecular formula is C19H19FN2O2. The Balaban J connectivity index is 1.65. The Hall–Kier alpha value is -2.40. The highest BCUT2D eigenvalue weighted by atomic mass is 19.1. The first-order valence-corrected chi connectivity index (χ1v) is 8.22. The SMILES string of the molecule is O=C1[C@H](F)CCN1CC(O)Cn1c2ccccc2c2ccccc21. The quantitative estimate of drug-likeness (QED) is 0.801. The maximum atomic E-state index is 13.3. The Kier molecular flexibility index (Phi) is 3.73. The van der Waals surface area contributed by atoms with Gasteiger partial charge >= 0.3 is 0 Å². The van der Waals surface area contributed by atoms with Crippen LogP contribution in [0.2, 0.25) is 0 Å². The first-order chi connectivity index (χ1) is 11.6. The number of para-hydroxylation sites is 2.